The van der Waals surface area contributed by atoms with Gasteiger partial charge in [-0.1, -0.05) is 36.4 Å². The maximum Gasteiger partial charge on any atom is 0.224 e. The molecule has 0 heterocycles. The number of rotatable bonds is 4. The van der Waals surface area contributed by atoms with Crippen molar-refractivity contribution in [1.82, 2.24) is 5.32 Å². The van der Waals surface area contributed by atoms with Gasteiger partial charge in [0.1, 0.15) is 0 Å². The summed E-state index contributed by atoms with van der Waals surface area (Å²) in [4.78, 5) is 12.1. The third-order valence-corrected chi connectivity index (χ3v) is 3.86. The molecule has 0 aromatic heterocycles. The summed E-state index contributed by atoms with van der Waals surface area (Å²) in [6.07, 6.45) is 0.783. The van der Waals surface area contributed by atoms with Gasteiger partial charge >= 0.3 is 0 Å². The summed E-state index contributed by atoms with van der Waals surface area (Å²) >= 11 is 0. The van der Waals surface area contributed by atoms with Crippen molar-refractivity contribution in [1.29, 1.82) is 0 Å². The molecule has 1 fully saturated rings. The minimum absolute atomic E-state index is 0.0383. The highest BCUT2D eigenvalue weighted by Crippen LogP contribution is 2.48. The first-order valence-corrected chi connectivity index (χ1v) is 6.98. The monoisotopic (exact) mass is 283 g/mol. The maximum atomic E-state index is 12.1. The average Bonchev–Trinajstić information content (AvgIpc) is 3.29. The van der Waals surface area contributed by atoms with Gasteiger partial charge in [-0.15, -0.1) is 0 Å². The Kier molecular flexibility index (Phi) is 3.52. The van der Waals surface area contributed by atoms with Gasteiger partial charge in [0, 0.05) is 12.5 Å². The van der Waals surface area contributed by atoms with Gasteiger partial charge in [-0.2, -0.15) is 0 Å². The zero-order valence-corrected chi connectivity index (χ0v) is 11.5. The molecule has 0 aliphatic heterocycles. The van der Waals surface area contributed by atoms with E-state index in [0.717, 1.165) is 17.5 Å². The first kappa shape index (κ1) is 13.5. The summed E-state index contributed by atoms with van der Waals surface area (Å²) in [6.45, 7) is 0.531. The van der Waals surface area contributed by atoms with Crippen LogP contribution in [0.4, 0.5) is 0 Å². The first-order chi connectivity index (χ1) is 10.1. The topological polar surface area (TPSA) is 69.6 Å². The van der Waals surface area contributed by atoms with Crippen molar-refractivity contribution in [3.05, 3.63) is 59.7 Å². The summed E-state index contributed by atoms with van der Waals surface area (Å²) in [5.74, 6) is -0.145. The fourth-order valence-corrected chi connectivity index (χ4v) is 2.54. The second-order valence-corrected chi connectivity index (χ2v) is 5.40. The molecule has 108 valence electrons. The number of carbonyl (C=O) groups is 1. The predicted molar refractivity (Wildman–Crippen MR) is 78.9 cm³/mol. The Labute approximate surface area is 123 Å². The Bertz CT molecular complexity index is 654. The molecule has 0 radical (unpaired) electrons. The van der Waals surface area contributed by atoms with Crippen LogP contribution >= 0.6 is 0 Å². The number of amides is 1. The minimum Gasteiger partial charge on any atom is -0.504 e. The zero-order chi connectivity index (χ0) is 14.8. The van der Waals surface area contributed by atoms with Crippen LogP contribution in [0.1, 0.15) is 23.5 Å². The lowest BCUT2D eigenvalue weighted by molar-refractivity contribution is -0.122. The van der Waals surface area contributed by atoms with Crippen LogP contribution in [-0.4, -0.2) is 16.1 Å². The highest BCUT2D eigenvalue weighted by molar-refractivity contribution is 5.82. The number of nitrogens with one attached hydrogen (secondary N) is 1. The Morgan fingerprint density at radius 3 is 2.57 bits per heavy atom. The molecule has 2 aromatic rings. The largest absolute Gasteiger partial charge is 0.504 e. The first-order valence-electron chi connectivity index (χ1n) is 6.98. The third kappa shape index (κ3) is 2.99. The van der Waals surface area contributed by atoms with Gasteiger partial charge in [0.2, 0.25) is 5.91 Å². The fraction of sp³-hybridized carbons (Fsp3) is 0.235. The molecule has 0 spiro atoms. The zero-order valence-electron chi connectivity index (χ0n) is 11.5. The second-order valence-electron chi connectivity index (χ2n) is 5.40. The maximum absolute atomic E-state index is 12.1. The van der Waals surface area contributed by atoms with E-state index in [2.05, 4.69) is 5.32 Å². The summed E-state index contributed by atoms with van der Waals surface area (Å²) in [7, 11) is 0. The molecule has 1 aliphatic carbocycles. The number of aromatic hydroxyl groups is 2. The number of phenols is 2. The molecule has 0 bridgehead atoms. The van der Waals surface area contributed by atoms with Crippen LogP contribution in [0, 0.1) is 5.92 Å². The molecule has 1 amide bonds. The molecule has 2 atom stereocenters. The third-order valence-electron chi connectivity index (χ3n) is 3.86. The van der Waals surface area contributed by atoms with Crippen LogP contribution in [0.2, 0.25) is 0 Å². The molecular formula is C17H17NO3. The van der Waals surface area contributed by atoms with Crippen molar-refractivity contribution in [2.24, 2.45) is 5.92 Å². The van der Waals surface area contributed by atoms with Crippen molar-refractivity contribution in [3.63, 3.8) is 0 Å². The van der Waals surface area contributed by atoms with Gasteiger partial charge in [-0.25, -0.2) is 0 Å². The van der Waals surface area contributed by atoms with E-state index in [1.165, 1.54) is 12.1 Å². The van der Waals surface area contributed by atoms with E-state index in [-0.39, 0.29) is 29.2 Å². The van der Waals surface area contributed by atoms with E-state index >= 15 is 0 Å². The second kappa shape index (κ2) is 5.48. The molecular weight excluding hydrogens is 266 g/mol. The van der Waals surface area contributed by atoms with E-state index < -0.39 is 0 Å². The van der Waals surface area contributed by atoms with Crippen LogP contribution in [-0.2, 0) is 11.3 Å². The highest BCUT2D eigenvalue weighted by Gasteiger charge is 2.43. The lowest BCUT2D eigenvalue weighted by Gasteiger charge is -2.06. The Morgan fingerprint density at radius 2 is 1.86 bits per heavy atom. The van der Waals surface area contributed by atoms with Gasteiger partial charge < -0.3 is 15.5 Å². The number of carbonyl (C=O) groups excluding carboxylic acids is 1. The quantitative estimate of drug-likeness (QED) is 0.755. The lowest BCUT2D eigenvalue weighted by Crippen LogP contribution is -2.24. The molecule has 4 heteroatoms. The lowest BCUT2D eigenvalue weighted by atomic mass is 10.1. The molecule has 1 aliphatic rings. The van der Waals surface area contributed by atoms with Gasteiger partial charge in [-0.3, -0.25) is 4.79 Å². The molecule has 1 saturated carbocycles. The average molecular weight is 283 g/mol. The van der Waals surface area contributed by atoms with E-state index in [9.17, 15) is 15.0 Å². The van der Waals surface area contributed by atoms with Crippen LogP contribution < -0.4 is 5.32 Å². The predicted octanol–water partition coefficient (Wildman–Crippen LogP) is 2.52. The molecule has 21 heavy (non-hydrogen) atoms. The summed E-state index contributed by atoms with van der Waals surface area (Å²) < 4.78 is 0. The molecule has 2 unspecified atom stereocenters. The van der Waals surface area contributed by atoms with Crippen molar-refractivity contribution >= 4 is 5.91 Å². The number of hydrogen-bond acceptors (Lipinski definition) is 3. The molecule has 3 rings (SSSR count). The van der Waals surface area contributed by atoms with Crippen molar-refractivity contribution < 1.29 is 15.0 Å². The molecule has 4 nitrogen and oxygen atoms in total. The smallest absolute Gasteiger partial charge is 0.224 e. The van der Waals surface area contributed by atoms with Crippen molar-refractivity contribution in [2.45, 2.75) is 18.9 Å². The summed E-state index contributed by atoms with van der Waals surface area (Å²) in [5.41, 5.74) is 1.97. The van der Waals surface area contributed by atoms with Gasteiger partial charge in [-0.05, 0) is 35.6 Å². The molecule has 0 saturated heterocycles. The van der Waals surface area contributed by atoms with Crippen molar-refractivity contribution in [2.75, 3.05) is 0 Å². The molecule has 3 N–H and O–H groups in total. The number of phenolic OH excluding ortho intramolecular Hbond substituents is 2. The van der Waals surface area contributed by atoms with Gasteiger partial charge in [0.25, 0.3) is 0 Å². The van der Waals surface area contributed by atoms with E-state index in [1.807, 2.05) is 30.3 Å². The van der Waals surface area contributed by atoms with Crippen molar-refractivity contribution in [3.8, 4) is 11.5 Å². The van der Waals surface area contributed by atoms with Crippen LogP contribution in [0.15, 0.2) is 48.5 Å². The Balaban J connectivity index is 1.57. The molecule has 2 aromatic carbocycles. The van der Waals surface area contributed by atoms with E-state index in [0.29, 0.717) is 6.54 Å². The Hall–Kier alpha value is -2.49. The van der Waals surface area contributed by atoms with Crippen LogP contribution in [0.3, 0.4) is 0 Å². The summed E-state index contributed by atoms with van der Waals surface area (Å²) in [6, 6.07) is 14.5. The van der Waals surface area contributed by atoms with Gasteiger partial charge in [0.15, 0.2) is 11.5 Å². The van der Waals surface area contributed by atoms with E-state index in [1.54, 1.807) is 6.07 Å². The highest BCUT2D eigenvalue weighted by atomic mass is 16.3. The van der Waals surface area contributed by atoms with Gasteiger partial charge in [0.05, 0.1) is 0 Å². The number of benzene rings is 2. The number of hydrogen-bond donors (Lipinski definition) is 3. The van der Waals surface area contributed by atoms with E-state index in [4.69, 9.17) is 0 Å². The van der Waals surface area contributed by atoms with Crippen LogP contribution in [0.5, 0.6) is 11.5 Å². The summed E-state index contributed by atoms with van der Waals surface area (Å²) in [5, 5.41) is 21.7. The standard InChI is InChI=1S/C17H17NO3/c19-15-7-6-12(8-16(15)20)13-9-14(13)17(21)18-10-11-4-2-1-3-5-11/h1-8,13-14,19-20H,9-10H2,(H,18,21). The SMILES string of the molecule is O=C(NCc1ccccc1)C1CC1c1ccc(O)c(O)c1. The fourth-order valence-electron chi connectivity index (χ4n) is 2.54. The minimum atomic E-state index is -0.136. The normalized spacial score (nSPS) is 20.0. The Morgan fingerprint density at radius 1 is 1.10 bits per heavy atom. The van der Waals surface area contributed by atoms with Crippen LogP contribution in [0.25, 0.3) is 0 Å².